The lowest BCUT2D eigenvalue weighted by Gasteiger charge is -2.32. The van der Waals surface area contributed by atoms with E-state index in [4.69, 9.17) is 0 Å². The van der Waals surface area contributed by atoms with Crippen molar-refractivity contribution in [2.24, 2.45) is 11.8 Å². The first-order chi connectivity index (χ1) is 8.25. The van der Waals surface area contributed by atoms with E-state index in [-0.39, 0.29) is 0 Å². The van der Waals surface area contributed by atoms with Crippen LogP contribution in [0.1, 0.15) is 78.1 Å². The summed E-state index contributed by atoms with van der Waals surface area (Å²) in [4.78, 5) is 0. The third kappa shape index (κ3) is 4.28. The third-order valence-electron chi connectivity index (χ3n) is 5.07. The molecule has 0 aromatic heterocycles. The van der Waals surface area contributed by atoms with Crippen molar-refractivity contribution in [1.29, 1.82) is 0 Å². The van der Waals surface area contributed by atoms with Gasteiger partial charge in [0, 0.05) is 12.1 Å². The maximum Gasteiger partial charge on any atom is 0.00694 e. The number of rotatable bonds is 5. The molecule has 2 aliphatic carbocycles. The number of hydrogen-bond donors (Lipinski definition) is 1. The van der Waals surface area contributed by atoms with Crippen molar-refractivity contribution in [3.05, 3.63) is 0 Å². The molecule has 0 bridgehead atoms. The molecule has 0 aromatic carbocycles. The Labute approximate surface area is 108 Å². The van der Waals surface area contributed by atoms with Gasteiger partial charge in [-0.2, -0.15) is 0 Å². The Morgan fingerprint density at radius 2 is 1.53 bits per heavy atom. The van der Waals surface area contributed by atoms with Gasteiger partial charge in [-0.05, 0) is 44.9 Å². The molecule has 2 aliphatic rings. The normalized spacial score (nSPS) is 27.2. The molecule has 17 heavy (non-hydrogen) atoms. The monoisotopic (exact) mass is 237 g/mol. The van der Waals surface area contributed by atoms with E-state index in [0.717, 1.165) is 23.9 Å². The van der Waals surface area contributed by atoms with Crippen molar-refractivity contribution in [1.82, 2.24) is 5.32 Å². The van der Waals surface area contributed by atoms with E-state index < -0.39 is 0 Å². The smallest absolute Gasteiger partial charge is 0.00694 e. The van der Waals surface area contributed by atoms with Crippen molar-refractivity contribution in [3.63, 3.8) is 0 Å². The summed E-state index contributed by atoms with van der Waals surface area (Å²) >= 11 is 0. The Hall–Kier alpha value is -0.0400. The highest BCUT2D eigenvalue weighted by molar-refractivity contribution is 4.80. The quantitative estimate of drug-likeness (QED) is 0.694. The van der Waals surface area contributed by atoms with Gasteiger partial charge in [-0.1, -0.05) is 44.9 Å². The second kappa shape index (κ2) is 6.78. The van der Waals surface area contributed by atoms with Crippen LogP contribution in [0.3, 0.4) is 0 Å². The second-order valence-corrected chi connectivity index (χ2v) is 6.64. The van der Waals surface area contributed by atoms with Crippen LogP contribution >= 0.6 is 0 Å². The molecule has 0 spiro atoms. The van der Waals surface area contributed by atoms with Gasteiger partial charge in [0.2, 0.25) is 0 Å². The maximum absolute atomic E-state index is 3.88. The van der Waals surface area contributed by atoms with E-state index in [2.05, 4.69) is 19.2 Å². The van der Waals surface area contributed by atoms with Crippen LogP contribution < -0.4 is 5.32 Å². The highest BCUT2D eigenvalue weighted by atomic mass is 14.9. The predicted molar refractivity (Wildman–Crippen MR) is 75.2 cm³/mol. The minimum atomic E-state index is 0.735. The molecule has 2 fully saturated rings. The molecule has 2 rings (SSSR count). The molecule has 0 radical (unpaired) electrons. The fourth-order valence-corrected chi connectivity index (χ4v) is 3.69. The van der Waals surface area contributed by atoms with Crippen molar-refractivity contribution >= 4 is 0 Å². The summed E-state index contributed by atoms with van der Waals surface area (Å²) in [5.41, 5.74) is 0. The van der Waals surface area contributed by atoms with Gasteiger partial charge in [0.25, 0.3) is 0 Å². The largest absolute Gasteiger partial charge is 0.311 e. The van der Waals surface area contributed by atoms with Crippen molar-refractivity contribution in [2.45, 2.75) is 90.1 Å². The summed E-state index contributed by atoms with van der Waals surface area (Å²) < 4.78 is 0. The van der Waals surface area contributed by atoms with Crippen molar-refractivity contribution in [3.8, 4) is 0 Å². The van der Waals surface area contributed by atoms with E-state index >= 15 is 0 Å². The zero-order valence-corrected chi connectivity index (χ0v) is 11.9. The van der Waals surface area contributed by atoms with E-state index in [0.29, 0.717) is 0 Å². The highest BCUT2D eigenvalue weighted by Gasteiger charge is 2.23. The van der Waals surface area contributed by atoms with Crippen LogP contribution in [0.5, 0.6) is 0 Å². The molecule has 0 aromatic rings. The molecule has 1 heteroatoms. The van der Waals surface area contributed by atoms with Gasteiger partial charge in [0.15, 0.2) is 0 Å². The van der Waals surface area contributed by atoms with E-state index in [1.807, 2.05) is 0 Å². The van der Waals surface area contributed by atoms with Gasteiger partial charge >= 0.3 is 0 Å². The van der Waals surface area contributed by atoms with Crippen LogP contribution in [0.2, 0.25) is 0 Å². The molecular formula is C16H31N. The second-order valence-electron chi connectivity index (χ2n) is 6.64. The third-order valence-corrected chi connectivity index (χ3v) is 5.07. The summed E-state index contributed by atoms with van der Waals surface area (Å²) in [5.74, 6) is 1.99. The van der Waals surface area contributed by atoms with Crippen LogP contribution in [-0.4, -0.2) is 12.1 Å². The molecule has 0 amide bonds. The Morgan fingerprint density at radius 1 is 0.882 bits per heavy atom. The Balaban J connectivity index is 1.68. The molecule has 0 aliphatic heterocycles. The Bertz CT molecular complexity index is 202. The molecule has 1 nitrogen and oxygen atoms in total. The topological polar surface area (TPSA) is 12.0 Å². The molecule has 100 valence electrons. The fraction of sp³-hybridized carbons (Fsp3) is 1.00. The molecular weight excluding hydrogens is 206 g/mol. The summed E-state index contributed by atoms with van der Waals surface area (Å²) in [5, 5.41) is 3.88. The summed E-state index contributed by atoms with van der Waals surface area (Å²) in [6.45, 7) is 4.82. The predicted octanol–water partition coefficient (Wildman–Crippen LogP) is 4.51. The molecule has 2 saturated carbocycles. The van der Waals surface area contributed by atoms with Gasteiger partial charge in [0.1, 0.15) is 0 Å². The van der Waals surface area contributed by atoms with Crippen LogP contribution in [0.4, 0.5) is 0 Å². The zero-order valence-electron chi connectivity index (χ0n) is 11.9. The lowest BCUT2D eigenvalue weighted by atomic mass is 9.81. The van der Waals surface area contributed by atoms with Gasteiger partial charge in [0.05, 0.1) is 0 Å². The SMILES string of the molecule is CC(CC1CCC1)N[C@H](C)C1CCCCCC1. The van der Waals surface area contributed by atoms with Crippen LogP contribution in [0, 0.1) is 11.8 Å². The lowest BCUT2D eigenvalue weighted by molar-refractivity contribution is 0.240. The first-order valence-electron chi connectivity index (χ1n) is 8.01. The van der Waals surface area contributed by atoms with E-state index in [1.54, 1.807) is 0 Å². The average Bonchev–Trinajstić information content (AvgIpc) is 2.52. The summed E-state index contributed by atoms with van der Waals surface area (Å²) in [6, 6.07) is 1.47. The molecule has 1 unspecified atom stereocenters. The minimum Gasteiger partial charge on any atom is -0.311 e. The van der Waals surface area contributed by atoms with E-state index in [9.17, 15) is 0 Å². The van der Waals surface area contributed by atoms with Crippen molar-refractivity contribution in [2.75, 3.05) is 0 Å². The minimum absolute atomic E-state index is 0.735. The number of hydrogen-bond acceptors (Lipinski definition) is 1. The maximum atomic E-state index is 3.88. The van der Waals surface area contributed by atoms with Gasteiger partial charge in [-0.3, -0.25) is 0 Å². The summed E-state index contributed by atoms with van der Waals surface area (Å²) in [7, 11) is 0. The Kier molecular flexibility index (Phi) is 5.34. The molecule has 2 atom stereocenters. The van der Waals surface area contributed by atoms with Gasteiger partial charge in [-0.25, -0.2) is 0 Å². The molecule has 0 heterocycles. The van der Waals surface area contributed by atoms with Crippen molar-refractivity contribution < 1.29 is 0 Å². The average molecular weight is 237 g/mol. The zero-order chi connectivity index (χ0) is 12.1. The lowest BCUT2D eigenvalue weighted by Crippen LogP contribution is -2.40. The van der Waals surface area contributed by atoms with Crippen LogP contribution in [0.25, 0.3) is 0 Å². The Morgan fingerprint density at radius 3 is 2.06 bits per heavy atom. The standard InChI is InChI=1S/C16H31N/c1-13(12-15-8-7-9-15)17-14(2)16-10-5-3-4-6-11-16/h13-17H,3-12H2,1-2H3/t13?,14-/m1/s1. The van der Waals surface area contributed by atoms with Crippen LogP contribution in [-0.2, 0) is 0 Å². The molecule has 0 saturated heterocycles. The van der Waals surface area contributed by atoms with E-state index in [1.165, 1.54) is 64.2 Å². The fourth-order valence-electron chi connectivity index (χ4n) is 3.69. The van der Waals surface area contributed by atoms with Gasteiger partial charge < -0.3 is 5.32 Å². The summed E-state index contributed by atoms with van der Waals surface area (Å²) in [6.07, 6.45) is 14.7. The highest BCUT2D eigenvalue weighted by Crippen LogP contribution is 2.31. The first-order valence-corrected chi connectivity index (χ1v) is 8.01. The van der Waals surface area contributed by atoms with Gasteiger partial charge in [-0.15, -0.1) is 0 Å². The number of nitrogens with one attached hydrogen (secondary N) is 1. The molecule has 1 N–H and O–H groups in total. The first kappa shape index (κ1) is 13.4. The van der Waals surface area contributed by atoms with Crippen LogP contribution in [0.15, 0.2) is 0 Å².